The van der Waals surface area contributed by atoms with Crippen LogP contribution in [-0.2, 0) is 0 Å². The van der Waals surface area contributed by atoms with Gasteiger partial charge in [-0.15, -0.1) is 0 Å². The van der Waals surface area contributed by atoms with Crippen LogP contribution in [-0.4, -0.2) is 31.9 Å². The highest BCUT2D eigenvalue weighted by Crippen LogP contribution is 2.18. The zero-order valence-corrected chi connectivity index (χ0v) is 6.04. The van der Waals surface area contributed by atoms with Crippen molar-refractivity contribution in [1.82, 2.24) is 10.6 Å². The van der Waals surface area contributed by atoms with E-state index in [2.05, 4.69) is 10.6 Å². The molecule has 1 heterocycles. The summed E-state index contributed by atoms with van der Waals surface area (Å²) in [7, 11) is 0. The molecule has 0 spiro atoms. The Labute approximate surface area is 63.2 Å². The Hall–Kier alpha value is -0.290. The zero-order valence-electron chi connectivity index (χ0n) is 6.04. The summed E-state index contributed by atoms with van der Waals surface area (Å²) < 4.78 is 34.7. The Morgan fingerprint density at radius 2 is 2.00 bits per heavy atom. The van der Waals surface area contributed by atoms with Crippen molar-refractivity contribution >= 4 is 0 Å². The molecule has 2 N–H and O–H groups in total. The van der Waals surface area contributed by atoms with E-state index < -0.39 is 12.6 Å². The Balaban J connectivity index is 1.95. The van der Waals surface area contributed by atoms with Gasteiger partial charge in [0, 0.05) is 25.7 Å². The number of alkyl halides is 3. The molecule has 0 unspecified atom stereocenters. The highest BCUT2D eigenvalue weighted by atomic mass is 19.4. The van der Waals surface area contributed by atoms with Crippen LogP contribution in [0.5, 0.6) is 0 Å². The minimum absolute atomic E-state index is 0.0375. The lowest BCUT2D eigenvalue weighted by atomic mass is 10.2. The van der Waals surface area contributed by atoms with Crippen LogP contribution in [0.15, 0.2) is 0 Å². The quantitative estimate of drug-likeness (QED) is 0.641. The van der Waals surface area contributed by atoms with E-state index in [1.807, 2.05) is 0 Å². The molecule has 1 rings (SSSR count). The molecule has 0 amide bonds. The third-order valence-corrected chi connectivity index (χ3v) is 1.62. The van der Waals surface area contributed by atoms with Crippen LogP contribution in [0.2, 0.25) is 0 Å². The van der Waals surface area contributed by atoms with Gasteiger partial charge < -0.3 is 10.6 Å². The Kier molecular flexibility index (Phi) is 2.72. The number of halogens is 3. The van der Waals surface area contributed by atoms with Crippen LogP contribution < -0.4 is 10.6 Å². The normalized spacial score (nSPS) is 19.9. The molecule has 0 aromatic carbocycles. The van der Waals surface area contributed by atoms with Crippen molar-refractivity contribution in [2.75, 3.05) is 19.6 Å². The zero-order chi connectivity index (χ0) is 8.32. The van der Waals surface area contributed by atoms with E-state index >= 15 is 0 Å². The first-order chi connectivity index (χ1) is 5.08. The van der Waals surface area contributed by atoms with E-state index in [0.29, 0.717) is 0 Å². The fourth-order valence-electron chi connectivity index (χ4n) is 0.851. The molecule has 1 aliphatic rings. The van der Waals surface area contributed by atoms with Gasteiger partial charge in [0.25, 0.3) is 0 Å². The molecule has 66 valence electrons. The minimum atomic E-state index is -4.02. The monoisotopic (exact) mass is 168 g/mol. The molecule has 0 radical (unpaired) electrons. The van der Waals surface area contributed by atoms with Gasteiger partial charge in [-0.05, 0) is 0 Å². The lowest BCUT2D eigenvalue weighted by Gasteiger charge is -2.28. The first-order valence-electron chi connectivity index (χ1n) is 3.59. The van der Waals surface area contributed by atoms with Crippen LogP contribution in [0, 0.1) is 0 Å². The predicted octanol–water partition coefficient (Wildman–Crippen LogP) is 0.500. The van der Waals surface area contributed by atoms with Gasteiger partial charge in [0.1, 0.15) is 0 Å². The van der Waals surface area contributed by atoms with Crippen LogP contribution >= 0.6 is 0 Å². The average molecular weight is 168 g/mol. The minimum Gasteiger partial charge on any atom is -0.314 e. The molecule has 11 heavy (non-hydrogen) atoms. The summed E-state index contributed by atoms with van der Waals surface area (Å²) in [5, 5.41) is 5.76. The fourth-order valence-corrected chi connectivity index (χ4v) is 0.851. The van der Waals surface area contributed by atoms with Crippen molar-refractivity contribution in [3.05, 3.63) is 0 Å². The van der Waals surface area contributed by atoms with E-state index in [9.17, 15) is 13.2 Å². The first kappa shape index (κ1) is 8.80. The standard InChI is InChI=1S/C6H11F3N2/c7-6(8,9)1-2-11-5-3-10-4-5/h5,10-11H,1-4H2. The van der Waals surface area contributed by atoms with Crippen molar-refractivity contribution in [3.8, 4) is 0 Å². The molecule has 5 heteroatoms. The lowest BCUT2D eigenvalue weighted by molar-refractivity contribution is -0.133. The van der Waals surface area contributed by atoms with Gasteiger partial charge in [-0.1, -0.05) is 0 Å². The van der Waals surface area contributed by atoms with Gasteiger partial charge in [0.05, 0.1) is 6.42 Å². The smallest absolute Gasteiger partial charge is 0.314 e. The third-order valence-electron chi connectivity index (χ3n) is 1.62. The van der Waals surface area contributed by atoms with Crippen molar-refractivity contribution < 1.29 is 13.2 Å². The van der Waals surface area contributed by atoms with Crippen LogP contribution in [0.1, 0.15) is 6.42 Å². The van der Waals surface area contributed by atoms with Crippen LogP contribution in [0.3, 0.4) is 0 Å². The fraction of sp³-hybridized carbons (Fsp3) is 1.00. The maximum Gasteiger partial charge on any atom is 0.390 e. The van der Waals surface area contributed by atoms with E-state index in [1.54, 1.807) is 0 Å². The Morgan fingerprint density at radius 1 is 1.36 bits per heavy atom. The van der Waals surface area contributed by atoms with Gasteiger partial charge in [-0.3, -0.25) is 0 Å². The Bertz CT molecular complexity index is 119. The second-order valence-electron chi connectivity index (χ2n) is 2.67. The van der Waals surface area contributed by atoms with Crippen molar-refractivity contribution in [1.29, 1.82) is 0 Å². The average Bonchev–Trinajstić information content (AvgIpc) is 1.73. The molecule has 0 aliphatic carbocycles. The molecule has 0 atom stereocenters. The highest BCUT2D eigenvalue weighted by Gasteiger charge is 2.27. The van der Waals surface area contributed by atoms with Gasteiger partial charge in [-0.2, -0.15) is 13.2 Å². The SMILES string of the molecule is FC(F)(F)CCNC1CNC1. The van der Waals surface area contributed by atoms with Crippen molar-refractivity contribution in [3.63, 3.8) is 0 Å². The van der Waals surface area contributed by atoms with Crippen molar-refractivity contribution in [2.45, 2.75) is 18.6 Å². The maximum absolute atomic E-state index is 11.6. The molecule has 0 aromatic rings. The van der Waals surface area contributed by atoms with Crippen molar-refractivity contribution in [2.24, 2.45) is 0 Å². The second-order valence-corrected chi connectivity index (χ2v) is 2.67. The number of hydrogen-bond acceptors (Lipinski definition) is 2. The lowest BCUT2D eigenvalue weighted by Crippen LogP contribution is -2.55. The topological polar surface area (TPSA) is 24.1 Å². The van der Waals surface area contributed by atoms with E-state index in [1.165, 1.54) is 0 Å². The summed E-state index contributed by atoms with van der Waals surface area (Å²) >= 11 is 0. The first-order valence-corrected chi connectivity index (χ1v) is 3.59. The van der Waals surface area contributed by atoms with Crippen LogP contribution in [0.4, 0.5) is 13.2 Å². The number of hydrogen-bond donors (Lipinski definition) is 2. The number of nitrogens with one attached hydrogen (secondary N) is 2. The highest BCUT2D eigenvalue weighted by molar-refractivity contribution is 4.81. The molecule has 1 saturated heterocycles. The summed E-state index contributed by atoms with van der Waals surface area (Å²) in [5.41, 5.74) is 0. The third kappa shape index (κ3) is 3.57. The molecule has 0 aromatic heterocycles. The molecule has 1 aliphatic heterocycles. The Morgan fingerprint density at radius 3 is 2.36 bits per heavy atom. The molecule has 0 bridgehead atoms. The summed E-state index contributed by atoms with van der Waals surface area (Å²) in [6.45, 7) is 1.62. The summed E-state index contributed by atoms with van der Waals surface area (Å²) in [6, 6.07) is 0.248. The predicted molar refractivity (Wildman–Crippen MR) is 35.3 cm³/mol. The second kappa shape index (κ2) is 3.40. The summed E-state index contributed by atoms with van der Waals surface area (Å²) in [6.07, 6.45) is -4.76. The molecule has 2 nitrogen and oxygen atoms in total. The van der Waals surface area contributed by atoms with E-state index in [0.717, 1.165) is 13.1 Å². The van der Waals surface area contributed by atoms with Gasteiger partial charge >= 0.3 is 6.18 Å². The molecular formula is C6H11F3N2. The number of rotatable bonds is 3. The largest absolute Gasteiger partial charge is 0.390 e. The van der Waals surface area contributed by atoms with E-state index in [-0.39, 0.29) is 12.6 Å². The molecule has 0 saturated carbocycles. The summed E-state index contributed by atoms with van der Waals surface area (Å²) in [5.74, 6) is 0. The van der Waals surface area contributed by atoms with Gasteiger partial charge in [0.15, 0.2) is 0 Å². The van der Waals surface area contributed by atoms with Gasteiger partial charge in [-0.25, -0.2) is 0 Å². The molecule has 1 fully saturated rings. The van der Waals surface area contributed by atoms with Gasteiger partial charge in [0.2, 0.25) is 0 Å². The van der Waals surface area contributed by atoms with Crippen LogP contribution in [0.25, 0.3) is 0 Å². The van der Waals surface area contributed by atoms with E-state index in [4.69, 9.17) is 0 Å². The maximum atomic E-state index is 11.6. The molecular weight excluding hydrogens is 157 g/mol. The summed E-state index contributed by atoms with van der Waals surface area (Å²) in [4.78, 5) is 0.